The van der Waals surface area contributed by atoms with Crippen molar-refractivity contribution in [3.63, 3.8) is 0 Å². The first-order valence-corrected chi connectivity index (χ1v) is 4.67. The normalized spacial score (nSPS) is 10.1. The second kappa shape index (κ2) is 5.14. The molecule has 2 rings (SSSR count). The average Bonchev–Trinajstić information content (AvgIpc) is 2.28. The third-order valence-electron chi connectivity index (χ3n) is 2.38. The van der Waals surface area contributed by atoms with Crippen LogP contribution in [0, 0.1) is 5.82 Å². The first kappa shape index (κ1) is 14.1. The number of nitrogens with zero attached hydrogens (tertiary/aromatic N) is 1. The van der Waals surface area contributed by atoms with Crippen LogP contribution in [0.4, 0.5) is 8.78 Å². The number of carboxylic acid groups (broad SMARTS) is 1. The standard InChI is InChI=1S/C11H7F2NO3.ClH/c12-4-6-3-7(13)5-14-9(6)2-1-8(10(14)15)11(16)17;/h1-3,5H,4H2,(H,16,17);1H. The number of carboxylic acids is 1. The number of fused-ring (bicyclic) bond motifs is 1. The molecule has 2 heterocycles. The van der Waals surface area contributed by atoms with Crippen molar-refractivity contribution in [3.8, 4) is 0 Å². The van der Waals surface area contributed by atoms with Crippen molar-refractivity contribution in [2.45, 2.75) is 6.67 Å². The molecule has 0 aliphatic carbocycles. The zero-order valence-electron chi connectivity index (χ0n) is 8.89. The van der Waals surface area contributed by atoms with Crippen LogP contribution in [-0.4, -0.2) is 15.5 Å². The Morgan fingerprint density at radius 1 is 1.39 bits per heavy atom. The quantitative estimate of drug-likeness (QED) is 0.912. The number of pyridine rings is 2. The highest BCUT2D eigenvalue weighted by atomic mass is 35.5. The van der Waals surface area contributed by atoms with Gasteiger partial charge in [0.25, 0.3) is 5.56 Å². The lowest BCUT2D eigenvalue weighted by molar-refractivity contribution is 0.0694. The van der Waals surface area contributed by atoms with Crippen LogP contribution in [0.1, 0.15) is 15.9 Å². The third kappa shape index (κ3) is 2.19. The molecule has 0 radical (unpaired) electrons. The van der Waals surface area contributed by atoms with E-state index in [9.17, 15) is 18.4 Å². The van der Waals surface area contributed by atoms with Gasteiger partial charge in [0.2, 0.25) is 0 Å². The molecule has 0 aliphatic rings. The van der Waals surface area contributed by atoms with Crippen molar-refractivity contribution in [1.29, 1.82) is 0 Å². The van der Waals surface area contributed by atoms with Crippen molar-refractivity contribution in [3.05, 3.63) is 51.7 Å². The number of aromatic carboxylic acids is 1. The minimum absolute atomic E-state index is 0. The summed E-state index contributed by atoms with van der Waals surface area (Å²) in [5.74, 6) is -2.20. The Kier molecular flexibility index (Phi) is 4.03. The number of halogens is 3. The molecule has 0 saturated carbocycles. The molecule has 2 aromatic heterocycles. The molecular weight excluding hydrogens is 268 g/mol. The fraction of sp³-hybridized carbons (Fsp3) is 0.0909. The Morgan fingerprint density at radius 3 is 2.61 bits per heavy atom. The molecule has 4 nitrogen and oxygen atoms in total. The molecule has 0 fully saturated rings. The predicted molar refractivity (Wildman–Crippen MR) is 62.6 cm³/mol. The molecule has 0 amide bonds. The van der Waals surface area contributed by atoms with Gasteiger partial charge in [-0.25, -0.2) is 13.6 Å². The molecule has 0 atom stereocenters. The number of hydrogen-bond donors (Lipinski definition) is 1. The molecule has 0 aromatic carbocycles. The fourth-order valence-electron chi connectivity index (χ4n) is 1.61. The molecule has 0 bridgehead atoms. The second-order valence-corrected chi connectivity index (χ2v) is 3.43. The van der Waals surface area contributed by atoms with Gasteiger partial charge < -0.3 is 5.11 Å². The third-order valence-corrected chi connectivity index (χ3v) is 2.38. The van der Waals surface area contributed by atoms with E-state index in [-0.39, 0.29) is 23.5 Å². The Morgan fingerprint density at radius 2 is 2.06 bits per heavy atom. The highest BCUT2D eigenvalue weighted by Gasteiger charge is 2.13. The van der Waals surface area contributed by atoms with Crippen LogP contribution >= 0.6 is 12.4 Å². The van der Waals surface area contributed by atoms with Gasteiger partial charge >= 0.3 is 5.97 Å². The SMILES string of the molecule is Cl.O=C(O)c1ccc2c(CF)cc(F)cn2c1=O. The maximum absolute atomic E-state index is 13.1. The highest BCUT2D eigenvalue weighted by molar-refractivity contribution is 5.87. The molecule has 7 heteroatoms. The summed E-state index contributed by atoms with van der Waals surface area (Å²) in [6.45, 7) is -0.937. The van der Waals surface area contributed by atoms with Gasteiger partial charge in [-0.05, 0) is 18.2 Å². The monoisotopic (exact) mass is 275 g/mol. The molecule has 2 aromatic rings. The van der Waals surface area contributed by atoms with Crippen molar-refractivity contribution >= 4 is 23.9 Å². The van der Waals surface area contributed by atoms with Crippen LogP contribution in [0.5, 0.6) is 0 Å². The average molecular weight is 276 g/mol. The summed E-state index contributed by atoms with van der Waals surface area (Å²) >= 11 is 0. The van der Waals surface area contributed by atoms with Gasteiger partial charge in [-0.2, -0.15) is 0 Å². The zero-order valence-corrected chi connectivity index (χ0v) is 9.71. The Labute approximate surface area is 106 Å². The lowest BCUT2D eigenvalue weighted by Gasteiger charge is -2.06. The fourth-order valence-corrected chi connectivity index (χ4v) is 1.61. The van der Waals surface area contributed by atoms with Crippen molar-refractivity contribution < 1.29 is 18.7 Å². The van der Waals surface area contributed by atoms with E-state index in [1.165, 1.54) is 6.07 Å². The van der Waals surface area contributed by atoms with Gasteiger partial charge in [0.1, 0.15) is 18.1 Å². The molecule has 0 saturated heterocycles. The molecule has 18 heavy (non-hydrogen) atoms. The largest absolute Gasteiger partial charge is 0.477 e. The zero-order chi connectivity index (χ0) is 12.6. The smallest absolute Gasteiger partial charge is 0.341 e. The lowest BCUT2D eigenvalue weighted by Crippen LogP contribution is -2.22. The first-order valence-electron chi connectivity index (χ1n) is 4.67. The van der Waals surface area contributed by atoms with Gasteiger partial charge in [-0.3, -0.25) is 9.20 Å². The molecule has 0 aliphatic heterocycles. The van der Waals surface area contributed by atoms with E-state index in [1.807, 2.05) is 0 Å². The molecular formula is C11H8ClF2NO3. The van der Waals surface area contributed by atoms with Crippen LogP contribution in [0.15, 0.2) is 29.2 Å². The van der Waals surface area contributed by atoms with Crippen LogP contribution in [0.3, 0.4) is 0 Å². The minimum atomic E-state index is -1.41. The van der Waals surface area contributed by atoms with E-state index < -0.39 is 29.6 Å². The summed E-state index contributed by atoms with van der Waals surface area (Å²) in [4.78, 5) is 22.4. The Hall–Kier alpha value is -1.95. The van der Waals surface area contributed by atoms with Crippen molar-refractivity contribution in [1.82, 2.24) is 4.40 Å². The minimum Gasteiger partial charge on any atom is -0.477 e. The van der Waals surface area contributed by atoms with Gasteiger partial charge in [0.15, 0.2) is 0 Å². The number of rotatable bonds is 2. The van der Waals surface area contributed by atoms with Gasteiger partial charge in [-0.15, -0.1) is 12.4 Å². The predicted octanol–water partition coefficient (Wildman–Crippen LogP) is 2.03. The summed E-state index contributed by atoms with van der Waals surface area (Å²) in [5, 5.41) is 8.74. The van der Waals surface area contributed by atoms with Gasteiger partial charge in [0, 0.05) is 11.8 Å². The van der Waals surface area contributed by atoms with Gasteiger partial charge in [-0.1, -0.05) is 0 Å². The molecule has 96 valence electrons. The number of carbonyl (C=O) groups is 1. The van der Waals surface area contributed by atoms with E-state index in [0.717, 1.165) is 22.7 Å². The Balaban J connectivity index is 0.00000162. The van der Waals surface area contributed by atoms with E-state index in [2.05, 4.69) is 0 Å². The second-order valence-electron chi connectivity index (χ2n) is 3.43. The van der Waals surface area contributed by atoms with Crippen LogP contribution in [0.2, 0.25) is 0 Å². The van der Waals surface area contributed by atoms with Crippen LogP contribution in [0.25, 0.3) is 5.52 Å². The van der Waals surface area contributed by atoms with E-state index >= 15 is 0 Å². The lowest BCUT2D eigenvalue weighted by atomic mass is 10.2. The maximum atomic E-state index is 13.1. The number of aromatic nitrogens is 1. The van der Waals surface area contributed by atoms with Gasteiger partial charge in [0.05, 0.1) is 5.52 Å². The molecule has 1 N–H and O–H groups in total. The van der Waals surface area contributed by atoms with Crippen molar-refractivity contribution in [2.75, 3.05) is 0 Å². The van der Waals surface area contributed by atoms with Crippen molar-refractivity contribution in [2.24, 2.45) is 0 Å². The Bertz CT molecular complexity index is 669. The summed E-state index contributed by atoms with van der Waals surface area (Å²) < 4.78 is 26.6. The number of alkyl halides is 1. The van der Waals surface area contributed by atoms with E-state index in [1.54, 1.807) is 0 Å². The van der Waals surface area contributed by atoms with E-state index in [0.29, 0.717) is 0 Å². The summed E-state index contributed by atoms with van der Waals surface area (Å²) in [6.07, 6.45) is 0.837. The molecule has 0 unspecified atom stereocenters. The van der Waals surface area contributed by atoms with Crippen LogP contribution in [-0.2, 0) is 6.67 Å². The highest BCUT2D eigenvalue weighted by Crippen LogP contribution is 2.13. The summed E-state index contributed by atoms with van der Waals surface area (Å²) in [7, 11) is 0. The van der Waals surface area contributed by atoms with E-state index in [4.69, 9.17) is 5.11 Å². The topological polar surface area (TPSA) is 58.8 Å². The summed E-state index contributed by atoms with van der Waals surface area (Å²) in [5.41, 5.74) is -1.22. The summed E-state index contributed by atoms with van der Waals surface area (Å²) in [6, 6.07) is 3.32. The maximum Gasteiger partial charge on any atom is 0.341 e. The first-order chi connectivity index (χ1) is 8.04. The molecule has 0 spiro atoms. The van der Waals surface area contributed by atoms with Crippen LogP contribution < -0.4 is 5.56 Å². The number of hydrogen-bond acceptors (Lipinski definition) is 2.